The number of methoxy groups -OCH3 is 2. The molecule has 4 aromatic carbocycles. The van der Waals surface area contributed by atoms with Crippen LogP contribution in [0.5, 0.6) is 23.0 Å². The van der Waals surface area contributed by atoms with Crippen LogP contribution in [0.15, 0.2) is 77.8 Å². The Kier molecular flexibility index (Phi) is 16.5. The predicted octanol–water partition coefficient (Wildman–Crippen LogP) is 8.87. The molecule has 0 aromatic heterocycles. The number of aryl methyl sites for hydroxylation is 1. The van der Waals surface area contributed by atoms with Crippen LogP contribution in [0.4, 0.5) is 22.7 Å². The monoisotopic (exact) mass is 822 g/mol. The molecular formula is C48H62N4O8. The van der Waals surface area contributed by atoms with Crippen molar-refractivity contribution in [2.75, 3.05) is 69.7 Å². The Balaban J connectivity index is 0.000000340. The number of nitrogens with one attached hydrogen (secondary N) is 1. The number of likely N-dealkylation sites (N-methyl/N-ethyl adjacent to an activating group) is 2. The zero-order valence-corrected chi connectivity index (χ0v) is 36.7. The second-order valence-corrected chi connectivity index (χ2v) is 16.4. The number of carboxylic acids is 1. The van der Waals surface area contributed by atoms with E-state index in [1.54, 1.807) is 32.4 Å². The second kappa shape index (κ2) is 21.3. The Morgan fingerprint density at radius 2 is 1.58 bits per heavy atom. The fourth-order valence-corrected chi connectivity index (χ4v) is 6.79. The first-order valence-corrected chi connectivity index (χ1v) is 20.2. The van der Waals surface area contributed by atoms with Gasteiger partial charge in [0.2, 0.25) is 0 Å². The first kappa shape index (κ1) is 46.6. The lowest BCUT2D eigenvalue weighted by Crippen LogP contribution is -2.41. The number of aliphatic carboxylic acids is 1. The third-order valence-electron chi connectivity index (χ3n) is 11.6. The van der Waals surface area contributed by atoms with Gasteiger partial charge in [0.1, 0.15) is 17.8 Å². The van der Waals surface area contributed by atoms with E-state index in [0.717, 1.165) is 49.2 Å². The number of hydrogen-bond donors (Lipinski definition) is 2. The summed E-state index contributed by atoms with van der Waals surface area (Å²) >= 11 is 0. The summed E-state index contributed by atoms with van der Waals surface area (Å²) in [5.41, 5.74) is 8.08. The number of rotatable bonds is 17. The maximum absolute atomic E-state index is 11.2. The van der Waals surface area contributed by atoms with E-state index < -0.39 is 5.97 Å². The predicted molar refractivity (Wildman–Crippen MR) is 241 cm³/mol. The van der Waals surface area contributed by atoms with Crippen molar-refractivity contribution < 1.29 is 38.4 Å². The summed E-state index contributed by atoms with van der Waals surface area (Å²) in [7, 11) is 7.67. The molecular weight excluding hydrogens is 761 g/mol. The maximum Gasteiger partial charge on any atom is 0.303 e. The summed E-state index contributed by atoms with van der Waals surface area (Å²) in [6, 6.07) is 24.6. The van der Waals surface area contributed by atoms with Gasteiger partial charge in [0, 0.05) is 79.2 Å². The van der Waals surface area contributed by atoms with Crippen LogP contribution in [0.3, 0.4) is 0 Å². The van der Waals surface area contributed by atoms with E-state index in [1.165, 1.54) is 22.5 Å². The number of carbonyl (C=O) groups is 3. The highest BCUT2D eigenvalue weighted by Crippen LogP contribution is 2.42. The topological polar surface area (TPSA) is 139 Å². The van der Waals surface area contributed by atoms with Crippen molar-refractivity contribution in [3.63, 3.8) is 0 Å². The summed E-state index contributed by atoms with van der Waals surface area (Å²) in [6.07, 6.45) is 3.59. The van der Waals surface area contributed by atoms with Crippen molar-refractivity contribution in [1.29, 1.82) is 0 Å². The number of benzene rings is 4. The van der Waals surface area contributed by atoms with E-state index in [-0.39, 0.29) is 23.7 Å². The fraction of sp³-hybridized carbons (Fsp3) is 0.417. The van der Waals surface area contributed by atoms with Crippen LogP contribution in [0, 0.1) is 17.8 Å². The minimum atomic E-state index is -0.924. The molecule has 1 atom stereocenters. The Bertz CT molecular complexity index is 2100. The van der Waals surface area contributed by atoms with Crippen LogP contribution in [0.1, 0.15) is 67.6 Å². The van der Waals surface area contributed by atoms with Gasteiger partial charge < -0.3 is 44.0 Å². The lowest BCUT2D eigenvalue weighted by Gasteiger charge is -2.41. The smallest absolute Gasteiger partial charge is 0.303 e. The number of aliphatic imine (C=N–C) groups is 1. The molecule has 0 fully saturated rings. The van der Waals surface area contributed by atoms with E-state index >= 15 is 0 Å². The van der Waals surface area contributed by atoms with Gasteiger partial charge in [-0.05, 0) is 85.6 Å². The number of aldehydes is 2. The van der Waals surface area contributed by atoms with Crippen molar-refractivity contribution in [2.45, 2.75) is 66.3 Å². The number of carbonyl (C=O) groups excluding carboxylic acids is 2. The highest BCUT2D eigenvalue weighted by molar-refractivity contribution is 5.84. The highest BCUT2D eigenvalue weighted by atomic mass is 16.5. The zero-order chi connectivity index (χ0) is 44.0. The molecule has 0 saturated heterocycles. The maximum atomic E-state index is 11.2. The Hall–Kier alpha value is -6.04. The van der Waals surface area contributed by atoms with Gasteiger partial charge in [-0.1, -0.05) is 45.9 Å². The van der Waals surface area contributed by atoms with Crippen LogP contribution in [0.2, 0.25) is 0 Å². The van der Waals surface area contributed by atoms with Gasteiger partial charge in [-0.25, -0.2) is 0 Å². The number of nitrogens with zero attached hydrogens (tertiary/aromatic N) is 3. The zero-order valence-electron chi connectivity index (χ0n) is 36.7. The molecule has 2 heterocycles. The molecule has 0 aliphatic carbocycles. The molecule has 1 unspecified atom stereocenters. The van der Waals surface area contributed by atoms with Crippen LogP contribution in [0.25, 0.3) is 0 Å². The van der Waals surface area contributed by atoms with Gasteiger partial charge in [0.15, 0.2) is 17.8 Å². The molecule has 6 rings (SSSR count). The minimum absolute atomic E-state index is 0.0521. The third-order valence-corrected chi connectivity index (χ3v) is 11.6. The van der Waals surface area contributed by atoms with Gasteiger partial charge in [-0.2, -0.15) is 0 Å². The average Bonchev–Trinajstić information content (AvgIpc) is 3.78. The molecule has 322 valence electrons. The van der Waals surface area contributed by atoms with Crippen LogP contribution >= 0.6 is 0 Å². The molecule has 2 aliphatic heterocycles. The summed E-state index contributed by atoms with van der Waals surface area (Å²) in [6.45, 7) is 17.2. The molecule has 0 amide bonds. The minimum Gasteiger partial charge on any atom is -0.497 e. The number of hydrogen-bond acceptors (Lipinski definition) is 11. The number of ether oxygens (including phenoxy) is 4. The van der Waals surface area contributed by atoms with Gasteiger partial charge in [-0.3, -0.25) is 14.6 Å². The molecule has 2 N–H and O–H groups in total. The van der Waals surface area contributed by atoms with E-state index in [9.17, 15) is 14.4 Å². The van der Waals surface area contributed by atoms with E-state index in [0.29, 0.717) is 54.0 Å². The molecule has 0 spiro atoms. The number of para-hydroxylation sites is 1. The molecule has 4 aromatic rings. The average molecular weight is 823 g/mol. The van der Waals surface area contributed by atoms with Gasteiger partial charge in [-0.15, -0.1) is 0 Å². The number of carboxylic acid groups (broad SMARTS) is 1. The molecule has 2 aliphatic rings. The first-order valence-electron chi connectivity index (χ1n) is 20.2. The van der Waals surface area contributed by atoms with E-state index in [4.69, 9.17) is 24.1 Å². The summed E-state index contributed by atoms with van der Waals surface area (Å²) in [5.74, 6) is 2.11. The number of fused-ring (bicyclic) bond motifs is 2. The Morgan fingerprint density at radius 1 is 0.883 bits per heavy atom. The van der Waals surface area contributed by atoms with Crippen LogP contribution in [-0.4, -0.2) is 91.0 Å². The SMILES string of the molecule is C=Nc1cc(OCC(C)(C)C(C)(C)COc2cc(NCC3Cc4ccccc4N3C)c(C)cc2OC)ccc1C=O.COc1ccc2c(c1)CCN2C.O=CCCC(=O)O. The van der Waals surface area contributed by atoms with Crippen molar-refractivity contribution in [3.8, 4) is 23.0 Å². The standard InChI is InChI=1S/C34H43N3O4.C10H13NO.C4H6O3/c1-23-15-31(39-8)32(18-28(23)36-19-26-16-24-11-9-10-12-30(24)37(26)7)41-22-34(4,5)33(2,3)21-40-27-14-13-25(20-38)29(17-27)35-6;1-11-6-5-8-7-9(12-2)3-4-10(8)11;5-3-1-2-4(6)7/h9-15,17-18,20,26,36H,6,16,19,21-22H2,1-5,7-8H3;3-4,7H,5-6H2,1-2H3;3H,1-2H2,(H,6,7). The molecule has 0 bridgehead atoms. The molecule has 0 saturated carbocycles. The summed E-state index contributed by atoms with van der Waals surface area (Å²) < 4.78 is 23.4. The van der Waals surface area contributed by atoms with Crippen LogP contribution < -0.4 is 34.1 Å². The largest absolute Gasteiger partial charge is 0.497 e. The Labute approximate surface area is 355 Å². The van der Waals surface area contributed by atoms with E-state index in [1.807, 2.05) is 18.2 Å². The lowest BCUT2D eigenvalue weighted by atomic mass is 9.69. The first-order chi connectivity index (χ1) is 28.6. The van der Waals surface area contributed by atoms with Gasteiger partial charge >= 0.3 is 5.97 Å². The quantitative estimate of drug-likeness (QED) is 0.0780. The molecule has 0 radical (unpaired) electrons. The highest BCUT2D eigenvalue weighted by Gasteiger charge is 2.39. The van der Waals surface area contributed by atoms with Gasteiger partial charge in [0.05, 0.1) is 45.6 Å². The Morgan fingerprint density at radius 3 is 2.20 bits per heavy atom. The normalized spacial score (nSPS) is 14.0. The third kappa shape index (κ3) is 12.0. The van der Waals surface area contributed by atoms with Crippen molar-refractivity contribution in [3.05, 3.63) is 95.1 Å². The van der Waals surface area contributed by atoms with Gasteiger partial charge in [0.25, 0.3) is 0 Å². The summed E-state index contributed by atoms with van der Waals surface area (Å²) in [4.78, 5) is 38.8. The van der Waals surface area contributed by atoms with Crippen molar-refractivity contribution in [1.82, 2.24) is 0 Å². The molecule has 60 heavy (non-hydrogen) atoms. The fourth-order valence-electron chi connectivity index (χ4n) is 6.79. The lowest BCUT2D eigenvalue weighted by molar-refractivity contribution is -0.137. The van der Waals surface area contributed by atoms with Crippen molar-refractivity contribution in [2.24, 2.45) is 15.8 Å². The number of anilines is 3. The summed E-state index contributed by atoms with van der Waals surface area (Å²) in [5, 5.41) is 11.5. The van der Waals surface area contributed by atoms with E-state index in [2.05, 4.69) is 112 Å². The molecule has 12 heteroatoms. The van der Waals surface area contributed by atoms with Crippen molar-refractivity contribution >= 4 is 48.0 Å². The van der Waals surface area contributed by atoms with Crippen LogP contribution in [-0.2, 0) is 22.4 Å². The second-order valence-electron chi connectivity index (χ2n) is 16.4. The molecule has 12 nitrogen and oxygen atoms in total.